The maximum Gasteiger partial charge on any atom is 0.223 e. The molecule has 2 heterocycles. The number of piperidine rings is 1. The summed E-state index contributed by atoms with van der Waals surface area (Å²) >= 11 is 1.77. The molecule has 0 aromatic carbocycles. The lowest BCUT2D eigenvalue weighted by Gasteiger charge is -2.38. The predicted molar refractivity (Wildman–Crippen MR) is 88.0 cm³/mol. The number of thioether (sulfide) groups is 1. The van der Waals surface area contributed by atoms with Crippen LogP contribution >= 0.6 is 11.8 Å². The number of amides is 1. The quantitative estimate of drug-likeness (QED) is 0.820. The van der Waals surface area contributed by atoms with Gasteiger partial charge >= 0.3 is 0 Å². The monoisotopic (exact) mass is 307 g/mol. The molecule has 0 radical (unpaired) electrons. The average molecular weight is 307 g/mol. The topological polar surface area (TPSA) is 59.2 Å². The van der Waals surface area contributed by atoms with Gasteiger partial charge in [0.1, 0.15) is 0 Å². The molecule has 0 bridgehead atoms. The number of carbonyl (C=O) groups excluding carboxylic acids is 1. The number of hydrogen-bond donors (Lipinski definition) is 1. The van der Waals surface area contributed by atoms with Crippen molar-refractivity contribution in [2.24, 2.45) is 5.73 Å². The van der Waals surface area contributed by atoms with Crippen molar-refractivity contribution in [3.63, 3.8) is 0 Å². The van der Waals surface area contributed by atoms with Gasteiger partial charge in [0.25, 0.3) is 0 Å². The summed E-state index contributed by atoms with van der Waals surface area (Å²) in [4.78, 5) is 18.7. The first-order valence-corrected chi connectivity index (χ1v) is 8.86. The molecular formula is C16H25N3OS. The number of carbonyl (C=O) groups is 1. The van der Waals surface area contributed by atoms with Crippen molar-refractivity contribution >= 4 is 17.7 Å². The number of hydrogen-bond acceptors (Lipinski definition) is 4. The van der Waals surface area contributed by atoms with Crippen LogP contribution in [0, 0.1) is 0 Å². The van der Waals surface area contributed by atoms with Crippen molar-refractivity contribution in [3.8, 4) is 0 Å². The smallest absolute Gasteiger partial charge is 0.223 e. The Morgan fingerprint density at radius 2 is 2.38 bits per heavy atom. The average Bonchev–Trinajstić information content (AvgIpc) is 2.52. The first-order chi connectivity index (χ1) is 10.2. The highest BCUT2D eigenvalue weighted by Crippen LogP contribution is 2.21. The number of aromatic nitrogens is 1. The molecule has 1 aliphatic rings. The number of rotatable bonds is 6. The summed E-state index contributed by atoms with van der Waals surface area (Å²) in [5.74, 6) is 1.97. The van der Waals surface area contributed by atoms with Crippen molar-refractivity contribution in [3.05, 3.63) is 30.1 Å². The zero-order valence-electron chi connectivity index (χ0n) is 12.7. The van der Waals surface area contributed by atoms with Gasteiger partial charge in [-0.05, 0) is 38.3 Å². The van der Waals surface area contributed by atoms with Gasteiger partial charge in [0.05, 0.1) is 5.69 Å². The van der Waals surface area contributed by atoms with Gasteiger partial charge in [-0.3, -0.25) is 9.78 Å². The standard InChI is InChI=1S/C16H25N3OS/c1-13(17)15-7-3-5-10-19(15)16(20)8-11-21-12-14-6-2-4-9-18-14/h2,4,6,9,13,15H,3,5,7-8,10-12,17H2,1H3. The molecule has 2 atom stereocenters. The molecule has 1 aromatic heterocycles. The predicted octanol–water partition coefficient (Wildman–Crippen LogP) is 2.43. The van der Waals surface area contributed by atoms with Crippen LogP contribution in [0.15, 0.2) is 24.4 Å². The first kappa shape index (κ1) is 16.3. The molecule has 1 amide bonds. The van der Waals surface area contributed by atoms with E-state index in [2.05, 4.69) is 4.98 Å². The second-order valence-electron chi connectivity index (χ2n) is 5.63. The maximum absolute atomic E-state index is 12.4. The Labute approximate surface area is 131 Å². The van der Waals surface area contributed by atoms with Gasteiger partial charge in [0.15, 0.2) is 0 Å². The third kappa shape index (κ3) is 5.00. The van der Waals surface area contributed by atoms with Gasteiger partial charge in [-0.25, -0.2) is 0 Å². The van der Waals surface area contributed by atoms with E-state index < -0.39 is 0 Å². The third-order valence-corrected chi connectivity index (χ3v) is 4.91. The molecule has 1 aromatic rings. The van der Waals surface area contributed by atoms with Gasteiger partial charge in [-0.2, -0.15) is 11.8 Å². The van der Waals surface area contributed by atoms with Crippen LogP contribution in [0.3, 0.4) is 0 Å². The van der Waals surface area contributed by atoms with Crippen molar-refractivity contribution in [2.75, 3.05) is 12.3 Å². The van der Waals surface area contributed by atoms with E-state index in [0.29, 0.717) is 6.42 Å². The zero-order valence-corrected chi connectivity index (χ0v) is 13.5. The van der Waals surface area contributed by atoms with Crippen LogP contribution in [0.25, 0.3) is 0 Å². The lowest BCUT2D eigenvalue weighted by molar-refractivity contribution is -0.134. The summed E-state index contributed by atoms with van der Waals surface area (Å²) < 4.78 is 0. The summed E-state index contributed by atoms with van der Waals surface area (Å²) in [5.41, 5.74) is 7.09. The van der Waals surface area contributed by atoms with Crippen LogP contribution in [0.1, 0.15) is 38.3 Å². The molecule has 116 valence electrons. The summed E-state index contributed by atoms with van der Waals surface area (Å²) in [5, 5.41) is 0. The Kier molecular flexibility index (Phi) is 6.51. The molecular weight excluding hydrogens is 282 g/mol. The SMILES string of the molecule is CC(N)C1CCCCN1C(=O)CCSCc1ccccn1. The van der Waals surface area contributed by atoms with E-state index in [1.54, 1.807) is 11.8 Å². The fourth-order valence-electron chi connectivity index (χ4n) is 2.78. The van der Waals surface area contributed by atoms with Crippen LogP contribution in [0.5, 0.6) is 0 Å². The minimum absolute atomic E-state index is 0.0652. The van der Waals surface area contributed by atoms with Crippen molar-refractivity contribution < 1.29 is 4.79 Å². The van der Waals surface area contributed by atoms with Crippen LogP contribution in [0.4, 0.5) is 0 Å². The van der Waals surface area contributed by atoms with E-state index in [4.69, 9.17) is 5.73 Å². The third-order valence-electron chi connectivity index (χ3n) is 3.91. The molecule has 1 saturated heterocycles. The van der Waals surface area contributed by atoms with Gasteiger partial charge in [0.2, 0.25) is 5.91 Å². The van der Waals surface area contributed by atoms with E-state index in [9.17, 15) is 4.79 Å². The molecule has 1 aliphatic heterocycles. The minimum atomic E-state index is 0.0652. The summed E-state index contributed by atoms with van der Waals surface area (Å²) in [6.07, 6.45) is 5.74. The van der Waals surface area contributed by atoms with Crippen LogP contribution in [-0.4, -0.2) is 40.2 Å². The van der Waals surface area contributed by atoms with Gasteiger partial charge in [-0.15, -0.1) is 0 Å². The van der Waals surface area contributed by atoms with Crippen molar-refractivity contribution in [1.82, 2.24) is 9.88 Å². The minimum Gasteiger partial charge on any atom is -0.338 e. The number of likely N-dealkylation sites (tertiary alicyclic amines) is 1. The lowest BCUT2D eigenvalue weighted by Crippen LogP contribution is -2.51. The van der Waals surface area contributed by atoms with E-state index in [-0.39, 0.29) is 18.0 Å². The zero-order chi connectivity index (χ0) is 15.1. The highest BCUT2D eigenvalue weighted by atomic mass is 32.2. The van der Waals surface area contributed by atoms with Crippen molar-refractivity contribution in [2.45, 2.75) is 50.4 Å². The summed E-state index contributed by atoms with van der Waals surface area (Å²) in [6, 6.07) is 6.23. The highest BCUT2D eigenvalue weighted by molar-refractivity contribution is 7.98. The van der Waals surface area contributed by atoms with E-state index in [1.807, 2.05) is 36.2 Å². The molecule has 2 unspecified atom stereocenters. The van der Waals surface area contributed by atoms with Crippen LogP contribution < -0.4 is 5.73 Å². The molecule has 0 saturated carbocycles. The molecule has 2 rings (SSSR count). The summed E-state index contributed by atoms with van der Waals surface area (Å²) in [7, 11) is 0. The van der Waals surface area contributed by atoms with Crippen LogP contribution in [0.2, 0.25) is 0 Å². The maximum atomic E-state index is 12.4. The van der Waals surface area contributed by atoms with E-state index >= 15 is 0 Å². The Morgan fingerprint density at radius 1 is 1.52 bits per heavy atom. The van der Waals surface area contributed by atoms with E-state index in [1.165, 1.54) is 6.42 Å². The number of nitrogens with zero attached hydrogens (tertiary/aromatic N) is 2. The highest BCUT2D eigenvalue weighted by Gasteiger charge is 2.28. The molecule has 0 aliphatic carbocycles. The molecule has 0 spiro atoms. The fourth-order valence-corrected chi connectivity index (χ4v) is 3.62. The second-order valence-corrected chi connectivity index (χ2v) is 6.74. The normalized spacial score (nSPS) is 20.3. The Morgan fingerprint density at radius 3 is 3.10 bits per heavy atom. The Balaban J connectivity index is 1.73. The number of nitrogens with two attached hydrogens (primary N) is 1. The first-order valence-electron chi connectivity index (χ1n) is 7.71. The molecule has 21 heavy (non-hydrogen) atoms. The van der Waals surface area contributed by atoms with Gasteiger partial charge in [0, 0.05) is 42.8 Å². The van der Waals surface area contributed by atoms with Gasteiger partial charge < -0.3 is 10.6 Å². The molecule has 1 fully saturated rings. The van der Waals surface area contributed by atoms with E-state index in [0.717, 1.165) is 36.6 Å². The van der Waals surface area contributed by atoms with Crippen molar-refractivity contribution in [1.29, 1.82) is 0 Å². The Hall–Kier alpha value is -1.07. The Bertz CT molecular complexity index is 438. The molecule has 4 nitrogen and oxygen atoms in total. The molecule has 2 N–H and O–H groups in total. The summed E-state index contributed by atoms with van der Waals surface area (Å²) in [6.45, 7) is 2.88. The number of pyridine rings is 1. The molecule has 5 heteroatoms. The van der Waals surface area contributed by atoms with Crippen LogP contribution in [-0.2, 0) is 10.5 Å². The fraction of sp³-hybridized carbons (Fsp3) is 0.625. The largest absolute Gasteiger partial charge is 0.338 e. The van der Waals surface area contributed by atoms with Gasteiger partial charge in [-0.1, -0.05) is 6.07 Å². The lowest BCUT2D eigenvalue weighted by atomic mass is 9.96. The second kappa shape index (κ2) is 8.39.